The van der Waals surface area contributed by atoms with Crippen molar-refractivity contribution < 1.29 is 5.11 Å². The van der Waals surface area contributed by atoms with Gasteiger partial charge in [-0.2, -0.15) is 0 Å². The second-order valence-electron chi connectivity index (χ2n) is 2.78. The molecule has 2 atom stereocenters. The Kier molecular flexibility index (Phi) is 6.18. The summed E-state index contributed by atoms with van der Waals surface area (Å²) in [6, 6.07) is 0.157. The second kappa shape index (κ2) is 5.97. The van der Waals surface area contributed by atoms with E-state index in [4.69, 9.17) is 0 Å². The first kappa shape index (κ1) is 11.4. The lowest BCUT2D eigenvalue weighted by atomic mass is 10.1. The van der Waals surface area contributed by atoms with Crippen LogP contribution in [-0.2, 0) is 0 Å². The summed E-state index contributed by atoms with van der Waals surface area (Å²) in [5.74, 6) is 0. The molecule has 0 aromatic rings. The summed E-state index contributed by atoms with van der Waals surface area (Å²) in [5, 5.41) is 12.5. The topological polar surface area (TPSA) is 32.3 Å². The van der Waals surface area contributed by atoms with Crippen LogP contribution < -0.4 is 5.32 Å². The Morgan fingerprint density at radius 3 is 2.55 bits per heavy atom. The van der Waals surface area contributed by atoms with E-state index < -0.39 is 0 Å². The number of aliphatic hydroxyl groups excluding tert-OH is 1. The van der Waals surface area contributed by atoms with Crippen LogP contribution in [0.15, 0.2) is 12.2 Å². The monoisotopic (exact) mass is 269 g/mol. The fraction of sp³-hybridized carbons (Fsp3) is 0.750. The molecule has 11 heavy (non-hydrogen) atoms. The van der Waals surface area contributed by atoms with Crippen LogP contribution >= 0.6 is 22.6 Å². The van der Waals surface area contributed by atoms with Crippen molar-refractivity contribution in [3.05, 3.63) is 12.2 Å². The lowest BCUT2D eigenvalue weighted by Crippen LogP contribution is -2.38. The molecule has 2 nitrogen and oxygen atoms in total. The molecule has 0 amide bonds. The lowest BCUT2D eigenvalue weighted by Gasteiger charge is -2.20. The number of nitrogens with one attached hydrogen (secondary N) is 1. The maximum atomic E-state index is 9.46. The molecule has 0 aromatic heterocycles. The summed E-state index contributed by atoms with van der Waals surface area (Å²) in [7, 11) is 1.86. The Labute approximate surface area is 82.2 Å². The van der Waals surface area contributed by atoms with Crippen LogP contribution in [0.3, 0.4) is 0 Å². The van der Waals surface area contributed by atoms with Crippen LogP contribution in [0.25, 0.3) is 0 Å². The summed E-state index contributed by atoms with van der Waals surface area (Å²) < 4.78 is 0.760. The van der Waals surface area contributed by atoms with E-state index in [2.05, 4.69) is 34.5 Å². The number of alkyl halides is 1. The molecule has 2 unspecified atom stereocenters. The van der Waals surface area contributed by atoms with E-state index in [1.54, 1.807) is 0 Å². The molecule has 0 aliphatic carbocycles. The van der Waals surface area contributed by atoms with Crippen molar-refractivity contribution in [3.8, 4) is 0 Å². The highest BCUT2D eigenvalue weighted by molar-refractivity contribution is 14.1. The predicted molar refractivity (Wildman–Crippen MR) is 57.2 cm³/mol. The van der Waals surface area contributed by atoms with Gasteiger partial charge in [-0.15, -0.1) is 6.58 Å². The van der Waals surface area contributed by atoms with Gasteiger partial charge >= 0.3 is 0 Å². The smallest absolute Gasteiger partial charge is 0.0785 e. The number of hydrogen-bond donors (Lipinski definition) is 2. The van der Waals surface area contributed by atoms with E-state index in [1.165, 1.54) is 0 Å². The van der Waals surface area contributed by atoms with E-state index in [0.29, 0.717) is 0 Å². The maximum Gasteiger partial charge on any atom is 0.0785 e. The van der Waals surface area contributed by atoms with E-state index in [0.717, 1.165) is 16.4 Å². The van der Waals surface area contributed by atoms with Gasteiger partial charge in [0.1, 0.15) is 0 Å². The highest BCUT2D eigenvalue weighted by Gasteiger charge is 2.15. The van der Waals surface area contributed by atoms with Gasteiger partial charge in [-0.3, -0.25) is 0 Å². The van der Waals surface area contributed by atoms with Gasteiger partial charge < -0.3 is 10.4 Å². The average molecular weight is 269 g/mol. The summed E-state index contributed by atoms with van der Waals surface area (Å²) in [5.41, 5.74) is 1.10. The number of rotatable bonds is 5. The summed E-state index contributed by atoms with van der Waals surface area (Å²) in [4.78, 5) is 0. The van der Waals surface area contributed by atoms with E-state index in [-0.39, 0.29) is 12.1 Å². The minimum atomic E-state index is -0.266. The molecule has 0 heterocycles. The van der Waals surface area contributed by atoms with Crippen molar-refractivity contribution in [1.29, 1.82) is 0 Å². The second-order valence-corrected chi connectivity index (χ2v) is 3.66. The van der Waals surface area contributed by atoms with Crippen LogP contribution in [0.2, 0.25) is 0 Å². The molecule has 0 saturated carbocycles. The van der Waals surface area contributed by atoms with E-state index in [1.807, 2.05) is 14.0 Å². The molecular formula is C8H16INO. The van der Waals surface area contributed by atoms with Gasteiger partial charge in [-0.1, -0.05) is 28.2 Å². The Hall–Kier alpha value is 0.390. The minimum Gasteiger partial charge on any atom is -0.391 e. The van der Waals surface area contributed by atoms with E-state index >= 15 is 0 Å². The summed E-state index contributed by atoms with van der Waals surface area (Å²) >= 11 is 2.18. The zero-order valence-corrected chi connectivity index (χ0v) is 9.26. The molecule has 0 aliphatic rings. The van der Waals surface area contributed by atoms with Crippen LogP contribution in [0.4, 0.5) is 0 Å². The number of aliphatic hydroxyl groups is 1. The molecule has 0 fully saturated rings. The minimum absolute atomic E-state index is 0.157. The van der Waals surface area contributed by atoms with Crippen LogP contribution in [0, 0.1) is 0 Å². The third-order valence-electron chi connectivity index (χ3n) is 1.56. The molecule has 0 aromatic carbocycles. The van der Waals surface area contributed by atoms with Crippen molar-refractivity contribution in [2.75, 3.05) is 11.5 Å². The standard InChI is InChI=1S/C8H16INO/c1-6(2)4-7(10-3)8(11)5-9/h7-8,10-11H,1,4-5H2,2-3H3. The molecule has 0 rings (SSSR count). The van der Waals surface area contributed by atoms with Crippen LogP contribution in [0.1, 0.15) is 13.3 Å². The molecule has 2 N–H and O–H groups in total. The fourth-order valence-electron chi connectivity index (χ4n) is 0.913. The molecule has 0 saturated heterocycles. The molecule has 66 valence electrons. The molecule has 0 bridgehead atoms. The van der Waals surface area contributed by atoms with Gasteiger partial charge in [0.2, 0.25) is 0 Å². The SMILES string of the molecule is C=C(C)CC(NC)C(O)CI. The first-order chi connectivity index (χ1) is 5.11. The average Bonchev–Trinajstić information content (AvgIpc) is 1.98. The van der Waals surface area contributed by atoms with Gasteiger partial charge in [0, 0.05) is 10.5 Å². The molecule has 0 spiro atoms. The van der Waals surface area contributed by atoms with E-state index in [9.17, 15) is 5.11 Å². The molecule has 0 aliphatic heterocycles. The van der Waals surface area contributed by atoms with Crippen molar-refractivity contribution in [2.45, 2.75) is 25.5 Å². The molecular weight excluding hydrogens is 253 g/mol. The Balaban J connectivity index is 3.84. The summed E-state index contributed by atoms with van der Waals surface area (Å²) in [6.45, 7) is 5.78. The highest BCUT2D eigenvalue weighted by Crippen LogP contribution is 2.07. The van der Waals surface area contributed by atoms with Crippen molar-refractivity contribution in [3.63, 3.8) is 0 Å². The third-order valence-corrected chi connectivity index (χ3v) is 2.46. The first-order valence-corrected chi connectivity index (χ1v) is 5.20. The Morgan fingerprint density at radius 1 is 1.73 bits per heavy atom. The number of likely N-dealkylation sites (N-methyl/N-ethyl adjacent to an activating group) is 1. The zero-order chi connectivity index (χ0) is 8.85. The number of hydrogen-bond acceptors (Lipinski definition) is 2. The van der Waals surface area contributed by atoms with Gasteiger partial charge in [-0.05, 0) is 20.4 Å². The quantitative estimate of drug-likeness (QED) is 0.448. The van der Waals surface area contributed by atoms with Crippen LogP contribution in [-0.4, -0.2) is 28.7 Å². The first-order valence-electron chi connectivity index (χ1n) is 3.67. The summed E-state index contributed by atoms with van der Waals surface area (Å²) in [6.07, 6.45) is 0.581. The van der Waals surface area contributed by atoms with Gasteiger partial charge in [0.15, 0.2) is 0 Å². The Bertz CT molecular complexity index is 127. The van der Waals surface area contributed by atoms with Crippen molar-refractivity contribution >= 4 is 22.6 Å². The predicted octanol–water partition coefficient (Wildman–Crippen LogP) is 1.34. The highest BCUT2D eigenvalue weighted by atomic mass is 127. The fourth-order valence-corrected chi connectivity index (χ4v) is 1.53. The largest absolute Gasteiger partial charge is 0.391 e. The normalized spacial score (nSPS) is 16.0. The van der Waals surface area contributed by atoms with Gasteiger partial charge in [-0.25, -0.2) is 0 Å². The van der Waals surface area contributed by atoms with Crippen molar-refractivity contribution in [1.82, 2.24) is 5.32 Å². The van der Waals surface area contributed by atoms with Gasteiger partial charge in [0.25, 0.3) is 0 Å². The Morgan fingerprint density at radius 2 is 2.27 bits per heavy atom. The third kappa shape index (κ3) is 4.76. The molecule has 3 heteroatoms. The van der Waals surface area contributed by atoms with Gasteiger partial charge in [0.05, 0.1) is 6.10 Å². The zero-order valence-electron chi connectivity index (χ0n) is 7.10. The maximum absolute atomic E-state index is 9.46. The number of halogens is 1. The van der Waals surface area contributed by atoms with Crippen LogP contribution in [0.5, 0.6) is 0 Å². The molecule has 0 radical (unpaired) electrons. The van der Waals surface area contributed by atoms with Crippen molar-refractivity contribution in [2.24, 2.45) is 0 Å². The lowest BCUT2D eigenvalue weighted by molar-refractivity contribution is 0.156.